The lowest BCUT2D eigenvalue weighted by atomic mass is 9.98. The number of rotatable bonds is 6. The molecule has 0 bridgehead atoms. The summed E-state index contributed by atoms with van der Waals surface area (Å²) in [4.78, 5) is 25.4. The summed E-state index contributed by atoms with van der Waals surface area (Å²) in [7, 11) is 0. The van der Waals surface area contributed by atoms with E-state index in [2.05, 4.69) is 0 Å². The smallest absolute Gasteiger partial charge is 0.340 e. The summed E-state index contributed by atoms with van der Waals surface area (Å²) in [6, 6.07) is 22.6. The largest absolute Gasteiger partial charge is 0.482 e. The normalized spacial score (nSPS) is 12.0. The van der Waals surface area contributed by atoms with Crippen LogP contribution in [0, 0.1) is 13.8 Å². The first-order chi connectivity index (χ1) is 15.0. The van der Waals surface area contributed by atoms with Gasteiger partial charge in [0.25, 0.3) is 0 Å². The number of carbonyl (C=O) groups excluding carboxylic acids is 1. The van der Waals surface area contributed by atoms with Crippen molar-refractivity contribution in [2.45, 2.75) is 33.3 Å². The van der Waals surface area contributed by atoms with Gasteiger partial charge in [-0.3, -0.25) is 4.79 Å². The lowest BCUT2D eigenvalue weighted by Gasteiger charge is -2.17. The lowest BCUT2D eigenvalue weighted by Crippen LogP contribution is -2.24. The summed E-state index contributed by atoms with van der Waals surface area (Å²) in [6.07, 6.45) is -0.145. The summed E-state index contributed by atoms with van der Waals surface area (Å²) in [6.45, 7) is 5.51. The molecule has 4 nitrogen and oxygen atoms in total. The molecule has 0 N–H and O–H groups in total. The van der Waals surface area contributed by atoms with Crippen molar-refractivity contribution in [3.8, 4) is 5.75 Å². The van der Waals surface area contributed by atoms with Gasteiger partial charge in [-0.15, -0.1) is 0 Å². The summed E-state index contributed by atoms with van der Waals surface area (Å²) in [5.74, 6) is 0.429. The zero-order valence-corrected chi connectivity index (χ0v) is 17.8. The fraction of sp³-hybridized carbons (Fsp3) is 0.185. The van der Waals surface area contributed by atoms with Crippen LogP contribution in [0.25, 0.3) is 11.0 Å². The van der Waals surface area contributed by atoms with Crippen LogP contribution < -0.4 is 10.4 Å². The van der Waals surface area contributed by atoms with Gasteiger partial charge in [0.15, 0.2) is 6.10 Å². The third kappa shape index (κ3) is 4.15. The summed E-state index contributed by atoms with van der Waals surface area (Å²) in [5.41, 5.74) is 4.07. The summed E-state index contributed by atoms with van der Waals surface area (Å²) in [5, 5.41) is 0.873. The Hall–Kier alpha value is -3.66. The molecule has 0 saturated heterocycles. The van der Waals surface area contributed by atoms with Crippen LogP contribution in [0.2, 0.25) is 0 Å². The third-order valence-corrected chi connectivity index (χ3v) is 5.61. The van der Waals surface area contributed by atoms with Crippen LogP contribution in [0.4, 0.5) is 0 Å². The van der Waals surface area contributed by atoms with Crippen LogP contribution in [-0.4, -0.2) is 11.9 Å². The van der Waals surface area contributed by atoms with E-state index in [0.29, 0.717) is 34.4 Å². The Kier molecular flexibility index (Phi) is 5.72. The molecule has 0 radical (unpaired) electrons. The quantitative estimate of drug-likeness (QED) is 0.303. The second-order valence-electron chi connectivity index (χ2n) is 7.71. The maximum absolute atomic E-state index is 12.8. The molecule has 3 aromatic carbocycles. The van der Waals surface area contributed by atoms with Crippen molar-refractivity contribution >= 4 is 16.8 Å². The number of hydrogen-bond donors (Lipinski definition) is 0. The molecular formula is C27H24O4. The fourth-order valence-electron chi connectivity index (χ4n) is 3.78. The molecule has 0 spiro atoms. The van der Waals surface area contributed by atoms with E-state index in [4.69, 9.17) is 9.15 Å². The van der Waals surface area contributed by atoms with Crippen molar-refractivity contribution in [3.63, 3.8) is 0 Å². The molecule has 0 amide bonds. The molecule has 4 rings (SSSR count). The van der Waals surface area contributed by atoms with Gasteiger partial charge >= 0.3 is 5.63 Å². The molecule has 1 aromatic heterocycles. The van der Waals surface area contributed by atoms with Gasteiger partial charge in [-0.05, 0) is 44.0 Å². The number of benzene rings is 3. The molecule has 4 heteroatoms. The number of ketones is 1. The molecule has 1 heterocycles. The van der Waals surface area contributed by atoms with Gasteiger partial charge in [0.05, 0.1) is 0 Å². The summed E-state index contributed by atoms with van der Waals surface area (Å²) >= 11 is 0. The number of fused-ring (bicyclic) bond motifs is 1. The highest BCUT2D eigenvalue weighted by Crippen LogP contribution is 2.30. The number of carbonyl (C=O) groups is 1. The number of hydrogen-bond acceptors (Lipinski definition) is 4. The molecule has 1 unspecified atom stereocenters. The first-order valence-electron chi connectivity index (χ1n) is 10.3. The van der Waals surface area contributed by atoms with Gasteiger partial charge in [0.1, 0.15) is 11.3 Å². The van der Waals surface area contributed by atoms with Gasteiger partial charge in [0, 0.05) is 28.5 Å². The topological polar surface area (TPSA) is 56.5 Å². The Labute approximate surface area is 181 Å². The van der Waals surface area contributed by atoms with Crippen LogP contribution in [0.15, 0.2) is 82.0 Å². The van der Waals surface area contributed by atoms with Crippen molar-refractivity contribution in [2.24, 2.45) is 0 Å². The molecule has 156 valence electrons. The average molecular weight is 412 g/mol. The highest BCUT2D eigenvalue weighted by atomic mass is 16.5. The van der Waals surface area contributed by atoms with E-state index in [1.807, 2.05) is 74.5 Å². The SMILES string of the molecule is Cc1c(Cc2ccccc2)c(=O)oc2c(C)c(OC(C)C(=O)c3ccccc3)ccc12. The zero-order chi connectivity index (χ0) is 22.0. The standard InChI is InChI=1S/C27H24O4/c1-17-22-14-15-24(30-19(3)25(28)21-12-8-5-9-13-21)18(2)26(22)31-27(29)23(17)16-20-10-6-4-7-11-20/h4-15,19H,16H2,1-3H3. The van der Waals surface area contributed by atoms with E-state index < -0.39 is 6.10 Å². The number of aryl methyl sites for hydroxylation is 2. The van der Waals surface area contributed by atoms with Crippen molar-refractivity contribution in [1.29, 1.82) is 0 Å². The molecule has 4 aromatic rings. The second kappa shape index (κ2) is 8.60. The van der Waals surface area contributed by atoms with Crippen molar-refractivity contribution in [2.75, 3.05) is 0 Å². The molecule has 0 aliphatic heterocycles. The molecule has 1 atom stereocenters. The minimum absolute atomic E-state index is 0.101. The number of ether oxygens (including phenoxy) is 1. The van der Waals surface area contributed by atoms with E-state index in [0.717, 1.165) is 16.5 Å². The predicted octanol–water partition coefficient (Wildman–Crippen LogP) is 5.65. The fourth-order valence-corrected chi connectivity index (χ4v) is 3.78. The predicted molar refractivity (Wildman–Crippen MR) is 122 cm³/mol. The van der Waals surface area contributed by atoms with E-state index >= 15 is 0 Å². The van der Waals surface area contributed by atoms with Gasteiger partial charge < -0.3 is 9.15 Å². The molecule has 31 heavy (non-hydrogen) atoms. The molecule has 0 saturated carbocycles. The first-order valence-corrected chi connectivity index (χ1v) is 10.3. The van der Waals surface area contributed by atoms with Gasteiger partial charge in [0.2, 0.25) is 5.78 Å². The van der Waals surface area contributed by atoms with Crippen molar-refractivity contribution in [1.82, 2.24) is 0 Å². The Balaban J connectivity index is 1.67. The van der Waals surface area contributed by atoms with E-state index in [1.165, 1.54) is 0 Å². The Bertz CT molecular complexity index is 1290. The Morgan fingerprint density at radius 2 is 1.55 bits per heavy atom. The highest BCUT2D eigenvalue weighted by Gasteiger charge is 2.20. The Morgan fingerprint density at radius 3 is 2.23 bits per heavy atom. The number of Topliss-reactive ketones (excluding diaryl/α,β-unsaturated/α-hetero) is 1. The summed E-state index contributed by atoms with van der Waals surface area (Å²) < 4.78 is 11.7. The molecule has 0 aliphatic rings. The van der Waals surface area contributed by atoms with E-state index in [-0.39, 0.29) is 11.4 Å². The van der Waals surface area contributed by atoms with Crippen LogP contribution in [0.3, 0.4) is 0 Å². The van der Waals surface area contributed by atoms with Crippen LogP contribution in [0.5, 0.6) is 5.75 Å². The maximum atomic E-state index is 12.8. The van der Waals surface area contributed by atoms with Crippen molar-refractivity contribution < 1.29 is 13.9 Å². The monoisotopic (exact) mass is 412 g/mol. The minimum atomic E-state index is -0.663. The minimum Gasteiger partial charge on any atom is -0.482 e. The highest BCUT2D eigenvalue weighted by molar-refractivity contribution is 5.99. The zero-order valence-electron chi connectivity index (χ0n) is 17.8. The van der Waals surface area contributed by atoms with Gasteiger partial charge in [-0.2, -0.15) is 0 Å². The first kappa shape index (κ1) is 20.6. The van der Waals surface area contributed by atoms with E-state index in [1.54, 1.807) is 19.1 Å². The Morgan fingerprint density at radius 1 is 0.903 bits per heavy atom. The van der Waals surface area contributed by atoms with Gasteiger partial charge in [-0.25, -0.2) is 4.79 Å². The second-order valence-corrected chi connectivity index (χ2v) is 7.71. The van der Waals surface area contributed by atoms with Gasteiger partial charge in [-0.1, -0.05) is 60.7 Å². The van der Waals surface area contributed by atoms with Crippen molar-refractivity contribution in [3.05, 3.63) is 111 Å². The van der Waals surface area contributed by atoms with Crippen LogP contribution >= 0.6 is 0 Å². The maximum Gasteiger partial charge on any atom is 0.340 e. The third-order valence-electron chi connectivity index (χ3n) is 5.61. The van der Waals surface area contributed by atoms with Crippen LogP contribution in [0.1, 0.15) is 39.5 Å². The van der Waals surface area contributed by atoms with Crippen LogP contribution in [-0.2, 0) is 6.42 Å². The molecule has 0 aliphatic carbocycles. The lowest BCUT2D eigenvalue weighted by molar-refractivity contribution is 0.0817. The van der Waals surface area contributed by atoms with E-state index in [9.17, 15) is 9.59 Å². The molecule has 0 fully saturated rings. The average Bonchev–Trinajstić information content (AvgIpc) is 2.79. The molecular weight excluding hydrogens is 388 g/mol.